The van der Waals surface area contributed by atoms with Crippen LogP contribution in [0.2, 0.25) is 0 Å². The summed E-state index contributed by atoms with van der Waals surface area (Å²) in [5.41, 5.74) is 0. The van der Waals surface area contributed by atoms with Gasteiger partial charge in [0, 0.05) is 19.3 Å². The Kier molecular flexibility index (Phi) is 52.5. The van der Waals surface area contributed by atoms with Crippen molar-refractivity contribution in [3.05, 3.63) is 0 Å². The fourth-order valence-electron chi connectivity index (χ4n) is 9.40. The van der Waals surface area contributed by atoms with Crippen LogP contribution < -0.4 is 0 Å². The molecule has 0 rings (SSSR count). The first kappa shape index (κ1) is 65.4. The third-order valence-electron chi connectivity index (χ3n) is 14.0. The number of rotatable bonds is 55. The summed E-state index contributed by atoms with van der Waals surface area (Å²) in [6.07, 6.45) is 58.2. The van der Waals surface area contributed by atoms with Gasteiger partial charge in [-0.1, -0.05) is 304 Å². The third kappa shape index (κ3) is 55.2. The summed E-state index contributed by atoms with van der Waals surface area (Å²) in [6.45, 7) is 11.4. The van der Waals surface area contributed by atoms with Crippen LogP contribution >= 0.6 is 0 Å². The smallest absolute Gasteiger partial charge is 0.306 e. The topological polar surface area (TPSA) is 78.9 Å². The van der Waals surface area contributed by atoms with Gasteiger partial charge in [0.15, 0.2) is 6.10 Å². The molecule has 0 aliphatic heterocycles. The molecule has 67 heavy (non-hydrogen) atoms. The van der Waals surface area contributed by atoms with Crippen LogP contribution in [0.25, 0.3) is 0 Å². The molecule has 0 aromatic rings. The molecule has 398 valence electrons. The van der Waals surface area contributed by atoms with Gasteiger partial charge in [-0.25, -0.2) is 0 Å². The summed E-state index contributed by atoms with van der Waals surface area (Å²) in [5, 5.41) is 0. The van der Waals surface area contributed by atoms with Crippen LogP contribution in [0.5, 0.6) is 0 Å². The van der Waals surface area contributed by atoms with Gasteiger partial charge in [0.1, 0.15) is 13.2 Å². The van der Waals surface area contributed by atoms with Crippen molar-refractivity contribution < 1.29 is 28.6 Å². The molecule has 0 N–H and O–H groups in total. The summed E-state index contributed by atoms with van der Waals surface area (Å²) in [6, 6.07) is 0. The van der Waals surface area contributed by atoms with E-state index in [1.807, 2.05) is 0 Å². The number of hydrogen-bond acceptors (Lipinski definition) is 6. The number of carbonyl (C=O) groups is 3. The SMILES string of the molecule is CCCCCCCCCCCCCCCCCCCC(=O)OC[C@@H](COC(=O)CCCCCCCCCCC(C)C)OC(=O)CCCCCCCCCCCCCCCCCCCCC(C)C. The normalized spacial score (nSPS) is 12.0. The van der Waals surface area contributed by atoms with Crippen LogP contribution in [0.3, 0.4) is 0 Å². The van der Waals surface area contributed by atoms with Gasteiger partial charge in [-0.3, -0.25) is 14.4 Å². The zero-order valence-electron chi connectivity index (χ0n) is 46.0. The fourth-order valence-corrected chi connectivity index (χ4v) is 9.40. The Morgan fingerprint density at radius 3 is 0.731 bits per heavy atom. The lowest BCUT2D eigenvalue weighted by atomic mass is 10.0. The molecule has 0 aromatic carbocycles. The standard InChI is InChI=1S/C61H118O6/c1-6-7-8-9-10-11-12-13-14-17-21-24-27-30-36-41-46-51-59(62)65-54-58(55-66-60(63)52-47-42-37-33-32-35-40-45-50-57(4)5)67-61(64)53-48-43-38-31-28-25-22-19-16-15-18-20-23-26-29-34-39-44-49-56(2)3/h56-58H,6-55H2,1-5H3/t58-/m0/s1. The molecule has 6 nitrogen and oxygen atoms in total. The van der Waals surface area contributed by atoms with Crippen molar-refractivity contribution in [3.8, 4) is 0 Å². The van der Waals surface area contributed by atoms with Crippen LogP contribution in [0.1, 0.15) is 343 Å². The molecule has 0 unspecified atom stereocenters. The monoisotopic (exact) mass is 947 g/mol. The molecule has 0 aromatic heterocycles. The largest absolute Gasteiger partial charge is 0.462 e. The molecule has 0 heterocycles. The van der Waals surface area contributed by atoms with Gasteiger partial charge in [0.05, 0.1) is 0 Å². The molecule has 0 radical (unpaired) electrons. The van der Waals surface area contributed by atoms with E-state index in [0.717, 1.165) is 69.6 Å². The van der Waals surface area contributed by atoms with Gasteiger partial charge in [-0.2, -0.15) is 0 Å². The second kappa shape index (κ2) is 53.8. The van der Waals surface area contributed by atoms with Crippen LogP contribution in [0.15, 0.2) is 0 Å². The van der Waals surface area contributed by atoms with Gasteiger partial charge in [-0.05, 0) is 31.1 Å². The van der Waals surface area contributed by atoms with E-state index in [9.17, 15) is 14.4 Å². The Bertz CT molecular complexity index is 1020. The van der Waals surface area contributed by atoms with Gasteiger partial charge >= 0.3 is 17.9 Å². The third-order valence-corrected chi connectivity index (χ3v) is 14.0. The number of hydrogen-bond donors (Lipinski definition) is 0. The molecule has 1 atom stereocenters. The van der Waals surface area contributed by atoms with E-state index >= 15 is 0 Å². The highest BCUT2D eigenvalue weighted by Gasteiger charge is 2.19. The van der Waals surface area contributed by atoms with Crippen LogP contribution in [0.4, 0.5) is 0 Å². The average Bonchev–Trinajstić information content (AvgIpc) is 3.30. The summed E-state index contributed by atoms with van der Waals surface area (Å²) < 4.78 is 16.9. The van der Waals surface area contributed by atoms with Gasteiger partial charge in [-0.15, -0.1) is 0 Å². The lowest BCUT2D eigenvalue weighted by molar-refractivity contribution is -0.167. The summed E-state index contributed by atoms with van der Waals surface area (Å²) in [4.78, 5) is 38.2. The average molecular weight is 948 g/mol. The van der Waals surface area contributed by atoms with E-state index in [1.165, 1.54) is 231 Å². The Morgan fingerprint density at radius 2 is 0.493 bits per heavy atom. The molecule has 6 heteroatoms. The summed E-state index contributed by atoms with van der Waals surface area (Å²) in [5.74, 6) is 0.816. The lowest BCUT2D eigenvalue weighted by Crippen LogP contribution is -2.30. The Labute approximate surface area is 418 Å². The van der Waals surface area contributed by atoms with E-state index < -0.39 is 6.10 Å². The molecule has 0 fully saturated rings. The first-order valence-corrected chi connectivity index (χ1v) is 30.2. The highest BCUT2D eigenvalue weighted by Crippen LogP contribution is 2.18. The molecule has 0 saturated heterocycles. The van der Waals surface area contributed by atoms with Crippen molar-refractivity contribution in [3.63, 3.8) is 0 Å². The van der Waals surface area contributed by atoms with Gasteiger partial charge in [0.25, 0.3) is 0 Å². The number of carbonyl (C=O) groups excluding carboxylic acids is 3. The minimum Gasteiger partial charge on any atom is -0.462 e. The fraction of sp³-hybridized carbons (Fsp3) is 0.951. The lowest BCUT2D eigenvalue weighted by Gasteiger charge is -2.18. The maximum absolute atomic E-state index is 12.9. The minimum absolute atomic E-state index is 0.0627. The van der Waals surface area contributed by atoms with Crippen LogP contribution in [-0.4, -0.2) is 37.2 Å². The Balaban J connectivity index is 4.23. The Hall–Kier alpha value is -1.59. The van der Waals surface area contributed by atoms with Crippen molar-refractivity contribution >= 4 is 17.9 Å². The minimum atomic E-state index is -0.763. The molecule has 0 spiro atoms. The van der Waals surface area contributed by atoms with Crippen molar-refractivity contribution in [1.82, 2.24) is 0 Å². The van der Waals surface area contributed by atoms with Crippen molar-refractivity contribution in [2.24, 2.45) is 11.8 Å². The van der Waals surface area contributed by atoms with Gasteiger partial charge < -0.3 is 14.2 Å². The maximum Gasteiger partial charge on any atom is 0.306 e. The van der Waals surface area contributed by atoms with E-state index in [4.69, 9.17) is 14.2 Å². The van der Waals surface area contributed by atoms with Gasteiger partial charge in [0.2, 0.25) is 0 Å². The van der Waals surface area contributed by atoms with Crippen molar-refractivity contribution in [2.75, 3.05) is 13.2 Å². The quantitative estimate of drug-likeness (QED) is 0.0343. The second-order valence-electron chi connectivity index (χ2n) is 21.9. The first-order valence-electron chi connectivity index (χ1n) is 30.2. The highest BCUT2D eigenvalue weighted by atomic mass is 16.6. The molecule has 0 aliphatic rings. The summed E-state index contributed by atoms with van der Waals surface area (Å²) in [7, 11) is 0. The molecule has 0 aliphatic carbocycles. The molecular weight excluding hydrogens is 829 g/mol. The van der Waals surface area contributed by atoms with Crippen molar-refractivity contribution in [2.45, 2.75) is 349 Å². The van der Waals surface area contributed by atoms with E-state index in [1.54, 1.807) is 0 Å². The highest BCUT2D eigenvalue weighted by molar-refractivity contribution is 5.71. The summed E-state index contributed by atoms with van der Waals surface area (Å²) >= 11 is 0. The maximum atomic E-state index is 12.9. The first-order chi connectivity index (χ1) is 32.7. The van der Waals surface area contributed by atoms with Crippen molar-refractivity contribution in [1.29, 1.82) is 0 Å². The van der Waals surface area contributed by atoms with E-state index in [2.05, 4.69) is 34.6 Å². The Morgan fingerprint density at radius 1 is 0.284 bits per heavy atom. The van der Waals surface area contributed by atoms with E-state index in [0.29, 0.717) is 19.3 Å². The zero-order valence-corrected chi connectivity index (χ0v) is 46.0. The predicted octanol–water partition coefficient (Wildman–Crippen LogP) is 20.0. The molecular formula is C61H118O6. The number of esters is 3. The molecule has 0 bridgehead atoms. The molecule has 0 saturated carbocycles. The van der Waals surface area contributed by atoms with Crippen LogP contribution in [0, 0.1) is 11.8 Å². The predicted molar refractivity (Wildman–Crippen MR) is 289 cm³/mol. The number of ether oxygens (including phenoxy) is 3. The van der Waals surface area contributed by atoms with E-state index in [-0.39, 0.29) is 31.1 Å². The zero-order chi connectivity index (χ0) is 48.9. The number of unbranched alkanes of at least 4 members (excludes halogenated alkanes) is 40. The second-order valence-corrected chi connectivity index (χ2v) is 21.9. The van der Waals surface area contributed by atoms with Crippen LogP contribution in [-0.2, 0) is 28.6 Å². The molecule has 0 amide bonds.